The molecular formula is C8H9ClN2O. The van der Waals surface area contributed by atoms with Gasteiger partial charge in [-0.1, -0.05) is 17.7 Å². The number of halogens is 1. The number of nitrogens with two attached hydrogens (primary N) is 2. The molecule has 0 unspecified atom stereocenters. The van der Waals surface area contributed by atoms with Gasteiger partial charge in [0.1, 0.15) is 0 Å². The molecular weight excluding hydrogens is 176 g/mol. The molecule has 1 amide bonds. The lowest BCUT2D eigenvalue weighted by Crippen LogP contribution is -2.15. The van der Waals surface area contributed by atoms with Gasteiger partial charge in [0.25, 0.3) is 0 Å². The maximum atomic E-state index is 10.8. The molecule has 3 nitrogen and oxygen atoms in total. The Morgan fingerprint density at radius 3 is 2.58 bits per heavy atom. The van der Waals surface area contributed by atoms with Crippen molar-refractivity contribution in [1.29, 1.82) is 0 Å². The topological polar surface area (TPSA) is 69.1 Å². The van der Waals surface area contributed by atoms with E-state index >= 15 is 0 Å². The van der Waals surface area contributed by atoms with Crippen LogP contribution in [0.1, 0.15) is 15.9 Å². The van der Waals surface area contributed by atoms with Crippen molar-refractivity contribution in [3.05, 3.63) is 34.3 Å². The minimum Gasteiger partial charge on any atom is -0.366 e. The molecule has 0 aliphatic rings. The molecule has 64 valence electrons. The summed E-state index contributed by atoms with van der Waals surface area (Å²) in [5, 5.41) is 0.480. The highest BCUT2D eigenvalue weighted by Gasteiger charge is 2.08. The van der Waals surface area contributed by atoms with Crippen LogP contribution in [0, 0.1) is 0 Å². The van der Waals surface area contributed by atoms with E-state index in [1.165, 1.54) is 0 Å². The molecule has 4 heteroatoms. The maximum Gasteiger partial charge on any atom is 0.249 e. The number of benzene rings is 1. The molecule has 0 aliphatic carbocycles. The summed E-state index contributed by atoms with van der Waals surface area (Å²) >= 11 is 5.79. The Bertz CT molecular complexity index is 312. The molecule has 0 saturated carbocycles. The highest BCUT2D eigenvalue weighted by atomic mass is 35.5. The van der Waals surface area contributed by atoms with E-state index in [4.69, 9.17) is 23.1 Å². The van der Waals surface area contributed by atoms with E-state index in [1.807, 2.05) is 0 Å². The monoisotopic (exact) mass is 184 g/mol. The first-order valence-electron chi connectivity index (χ1n) is 3.44. The first-order valence-corrected chi connectivity index (χ1v) is 3.82. The van der Waals surface area contributed by atoms with Crippen molar-refractivity contribution < 1.29 is 4.79 Å². The SMILES string of the molecule is NCc1c(Cl)cccc1C(N)=O. The quantitative estimate of drug-likeness (QED) is 0.717. The zero-order valence-electron chi connectivity index (χ0n) is 6.38. The van der Waals surface area contributed by atoms with Crippen molar-refractivity contribution >= 4 is 17.5 Å². The van der Waals surface area contributed by atoms with E-state index < -0.39 is 5.91 Å². The third kappa shape index (κ3) is 1.57. The van der Waals surface area contributed by atoms with Crippen molar-refractivity contribution in [3.63, 3.8) is 0 Å². The second kappa shape index (κ2) is 3.56. The van der Waals surface area contributed by atoms with Gasteiger partial charge in [-0.2, -0.15) is 0 Å². The van der Waals surface area contributed by atoms with Gasteiger partial charge >= 0.3 is 0 Å². The van der Waals surface area contributed by atoms with Gasteiger partial charge in [0, 0.05) is 17.1 Å². The van der Waals surface area contributed by atoms with E-state index in [-0.39, 0.29) is 6.54 Å². The first-order chi connectivity index (χ1) is 5.66. The zero-order valence-corrected chi connectivity index (χ0v) is 7.14. The molecule has 0 aliphatic heterocycles. The molecule has 0 fully saturated rings. The Balaban J connectivity index is 3.27. The van der Waals surface area contributed by atoms with Crippen LogP contribution < -0.4 is 11.5 Å². The Labute approximate surface area is 75.3 Å². The second-order valence-corrected chi connectivity index (χ2v) is 2.74. The van der Waals surface area contributed by atoms with Gasteiger partial charge in [-0.15, -0.1) is 0 Å². The van der Waals surface area contributed by atoms with Crippen LogP contribution >= 0.6 is 11.6 Å². The average Bonchev–Trinajstić information content (AvgIpc) is 2.03. The van der Waals surface area contributed by atoms with Crippen LogP contribution in [0.15, 0.2) is 18.2 Å². The van der Waals surface area contributed by atoms with Crippen LogP contribution in [-0.2, 0) is 6.54 Å². The van der Waals surface area contributed by atoms with Crippen molar-refractivity contribution in [2.75, 3.05) is 0 Å². The van der Waals surface area contributed by atoms with Crippen molar-refractivity contribution in [2.24, 2.45) is 11.5 Å². The lowest BCUT2D eigenvalue weighted by Gasteiger charge is -2.04. The van der Waals surface area contributed by atoms with Crippen LogP contribution in [0.3, 0.4) is 0 Å². The van der Waals surface area contributed by atoms with E-state index in [2.05, 4.69) is 0 Å². The fraction of sp³-hybridized carbons (Fsp3) is 0.125. The third-order valence-electron chi connectivity index (χ3n) is 1.59. The highest BCUT2D eigenvalue weighted by molar-refractivity contribution is 6.31. The summed E-state index contributed by atoms with van der Waals surface area (Å²) in [5.41, 5.74) is 11.5. The summed E-state index contributed by atoms with van der Waals surface area (Å²) in [6.07, 6.45) is 0. The van der Waals surface area contributed by atoms with E-state index in [0.717, 1.165) is 0 Å². The van der Waals surface area contributed by atoms with Crippen LogP contribution in [-0.4, -0.2) is 5.91 Å². The normalized spacial score (nSPS) is 9.83. The maximum absolute atomic E-state index is 10.8. The third-order valence-corrected chi connectivity index (χ3v) is 1.94. The number of primary amides is 1. The molecule has 12 heavy (non-hydrogen) atoms. The van der Waals surface area contributed by atoms with E-state index in [0.29, 0.717) is 16.1 Å². The molecule has 1 rings (SSSR count). The minimum absolute atomic E-state index is 0.220. The molecule has 0 saturated heterocycles. The summed E-state index contributed by atoms with van der Waals surface area (Å²) in [6, 6.07) is 4.95. The minimum atomic E-state index is -0.502. The summed E-state index contributed by atoms with van der Waals surface area (Å²) in [5.74, 6) is -0.502. The van der Waals surface area contributed by atoms with E-state index in [1.54, 1.807) is 18.2 Å². The smallest absolute Gasteiger partial charge is 0.249 e. The highest BCUT2D eigenvalue weighted by Crippen LogP contribution is 2.18. The van der Waals surface area contributed by atoms with Gasteiger partial charge in [-0.05, 0) is 17.7 Å². The fourth-order valence-electron chi connectivity index (χ4n) is 0.997. The lowest BCUT2D eigenvalue weighted by atomic mass is 10.1. The van der Waals surface area contributed by atoms with Crippen LogP contribution in [0.2, 0.25) is 5.02 Å². The van der Waals surface area contributed by atoms with Gasteiger partial charge in [0.05, 0.1) is 0 Å². The molecule has 0 atom stereocenters. The number of hydrogen-bond acceptors (Lipinski definition) is 2. The summed E-state index contributed by atoms with van der Waals surface area (Å²) < 4.78 is 0. The summed E-state index contributed by atoms with van der Waals surface area (Å²) in [4.78, 5) is 10.8. The number of rotatable bonds is 2. The first kappa shape index (κ1) is 9.03. The van der Waals surface area contributed by atoms with Crippen LogP contribution in [0.5, 0.6) is 0 Å². The van der Waals surface area contributed by atoms with Crippen LogP contribution in [0.25, 0.3) is 0 Å². The predicted octanol–water partition coefficient (Wildman–Crippen LogP) is 0.898. The van der Waals surface area contributed by atoms with Gasteiger partial charge in [-0.3, -0.25) is 4.79 Å². The Hall–Kier alpha value is -1.06. The number of amides is 1. The average molecular weight is 185 g/mol. The number of carbonyl (C=O) groups excluding carboxylic acids is 1. The zero-order chi connectivity index (χ0) is 9.14. The molecule has 4 N–H and O–H groups in total. The Morgan fingerprint density at radius 2 is 2.17 bits per heavy atom. The fourth-order valence-corrected chi connectivity index (χ4v) is 1.25. The molecule has 1 aromatic carbocycles. The summed E-state index contributed by atoms with van der Waals surface area (Å²) in [7, 11) is 0. The molecule has 1 aromatic rings. The largest absolute Gasteiger partial charge is 0.366 e. The van der Waals surface area contributed by atoms with Crippen molar-refractivity contribution in [1.82, 2.24) is 0 Å². The Morgan fingerprint density at radius 1 is 1.50 bits per heavy atom. The lowest BCUT2D eigenvalue weighted by molar-refractivity contribution is 0.0999. The van der Waals surface area contributed by atoms with Crippen molar-refractivity contribution in [3.8, 4) is 0 Å². The predicted molar refractivity (Wildman–Crippen MR) is 47.9 cm³/mol. The van der Waals surface area contributed by atoms with E-state index in [9.17, 15) is 4.79 Å². The van der Waals surface area contributed by atoms with Gasteiger partial charge in [0.15, 0.2) is 0 Å². The number of hydrogen-bond donors (Lipinski definition) is 2. The number of carbonyl (C=O) groups is 1. The molecule has 0 bridgehead atoms. The Kier molecular flexibility index (Phi) is 2.68. The molecule has 0 spiro atoms. The molecule has 0 aromatic heterocycles. The molecule has 0 heterocycles. The standard InChI is InChI=1S/C8H9ClN2O/c9-7-3-1-2-5(8(11)12)6(7)4-10/h1-3H,4,10H2,(H2,11,12). The summed E-state index contributed by atoms with van der Waals surface area (Å²) in [6.45, 7) is 0.220. The van der Waals surface area contributed by atoms with Gasteiger partial charge in [-0.25, -0.2) is 0 Å². The van der Waals surface area contributed by atoms with Crippen molar-refractivity contribution in [2.45, 2.75) is 6.54 Å². The second-order valence-electron chi connectivity index (χ2n) is 2.33. The molecule has 0 radical (unpaired) electrons. The van der Waals surface area contributed by atoms with Crippen LogP contribution in [0.4, 0.5) is 0 Å². The van der Waals surface area contributed by atoms with Gasteiger partial charge in [0.2, 0.25) is 5.91 Å². The van der Waals surface area contributed by atoms with Gasteiger partial charge < -0.3 is 11.5 Å².